The molecule has 2 nitrogen and oxygen atoms in total. The third kappa shape index (κ3) is 3.70. The fourth-order valence-corrected chi connectivity index (χ4v) is 1.90. The van der Waals surface area contributed by atoms with E-state index in [0.29, 0.717) is 0 Å². The Hall–Kier alpha value is -0.510. The summed E-state index contributed by atoms with van der Waals surface area (Å²) in [6.45, 7) is 2.54. The molecule has 0 heterocycles. The SMILES string of the molecule is COCCSc1ccc([C@@H](C)O)cc1. The van der Waals surface area contributed by atoms with E-state index in [4.69, 9.17) is 4.74 Å². The van der Waals surface area contributed by atoms with Crippen LogP contribution in [0.25, 0.3) is 0 Å². The highest BCUT2D eigenvalue weighted by molar-refractivity contribution is 7.99. The maximum atomic E-state index is 9.30. The number of aliphatic hydroxyl groups is 1. The van der Waals surface area contributed by atoms with Crippen molar-refractivity contribution in [3.05, 3.63) is 29.8 Å². The van der Waals surface area contributed by atoms with Crippen molar-refractivity contribution in [2.75, 3.05) is 19.5 Å². The van der Waals surface area contributed by atoms with E-state index in [1.807, 2.05) is 24.3 Å². The van der Waals surface area contributed by atoms with Crippen LogP contribution in [-0.2, 0) is 4.74 Å². The van der Waals surface area contributed by atoms with E-state index in [9.17, 15) is 5.11 Å². The Morgan fingerprint density at radius 2 is 2.00 bits per heavy atom. The summed E-state index contributed by atoms with van der Waals surface area (Å²) >= 11 is 1.76. The average molecular weight is 212 g/mol. The molecule has 14 heavy (non-hydrogen) atoms. The Morgan fingerprint density at radius 1 is 1.36 bits per heavy atom. The molecule has 0 aliphatic rings. The van der Waals surface area contributed by atoms with Crippen LogP contribution in [0, 0.1) is 0 Å². The van der Waals surface area contributed by atoms with Gasteiger partial charge in [0.15, 0.2) is 0 Å². The molecule has 1 atom stereocenters. The molecule has 0 radical (unpaired) electrons. The van der Waals surface area contributed by atoms with Crippen molar-refractivity contribution in [3.8, 4) is 0 Å². The van der Waals surface area contributed by atoms with Crippen molar-refractivity contribution in [2.24, 2.45) is 0 Å². The van der Waals surface area contributed by atoms with E-state index < -0.39 is 0 Å². The summed E-state index contributed by atoms with van der Waals surface area (Å²) in [5.74, 6) is 0.963. The normalized spacial score (nSPS) is 12.8. The largest absolute Gasteiger partial charge is 0.389 e. The highest BCUT2D eigenvalue weighted by atomic mass is 32.2. The van der Waals surface area contributed by atoms with Crippen molar-refractivity contribution >= 4 is 11.8 Å². The number of benzene rings is 1. The smallest absolute Gasteiger partial charge is 0.0761 e. The summed E-state index contributed by atoms with van der Waals surface area (Å²) in [6, 6.07) is 7.98. The molecule has 0 aromatic heterocycles. The van der Waals surface area contributed by atoms with Crippen molar-refractivity contribution in [2.45, 2.75) is 17.9 Å². The summed E-state index contributed by atoms with van der Waals surface area (Å²) in [5, 5.41) is 9.30. The lowest BCUT2D eigenvalue weighted by Crippen LogP contribution is -1.92. The third-order valence-corrected chi connectivity index (χ3v) is 2.89. The first-order chi connectivity index (χ1) is 6.74. The molecule has 0 bridgehead atoms. The molecule has 3 heteroatoms. The Morgan fingerprint density at radius 3 is 2.50 bits per heavy atom. The first-order valence-electron chi connectivity index (χ1n) is 4.64. The van der Waals surface area contributed by atoms with Gasteiger partial charge in [-0.2, -0.15) is 0 Å². The minimum atomic E-state index is -0.381. The van der Waals surface area contributed by atoms with Crippen molar-refractivity contribution in [1.82, 2.24) is 0 Å². The predicted molar refractivity (Wildman–Crippen MR) is 59.7 cm³/mol. The minimum absolute atomic E-state index is 0.381. The number of methoxy groups -OCH3 is 1. The van der Waals surface area contributed by atoms with Gasteiger partial charge < -0.3 is 9.84 Å². The van der Waals surface area contributed by atoms with Gasteiger partial charge in [-0.1, -0.05) is 12.1 Å². The lowest BCUT2D eigenvalue weighted by Gasteiger charge is -2.05. The number of thioether (sulfide) groups is 1. The van der Waals surface area contributed by atoms with Crippen LogP contribution in [0.2, 0.25) is 0 Å². The number of rotatable bonds is 5. The van der Waals surface area contributed by atoms with E-state index >= 15 is 0 Å². The van der Waals surface area contributed by atoms with Crippen LogP contribution >= 0.6 is 11.8 Å². The van der Waals surface area contributed by atoms with Gasteiger partial charge in [0.1, 0.15) is 0 Å². The van der Waals surface area contributed by atoms with E-state index in [1.54, 1.807) is 25.8 Å². The van der Waals surface area contributed by atoms with Gasteiger partial charge in [-0.05, 0) is 24.6 Å². The summed E-state index contributed by atoms with van der Waals surface area (Å²) < 4.78 is 4.96. The van der Waals surface area contributed by atoms with Crippen LogP contribution in [0.3, 0.4) is 0 Å². The molecule has 0 aliphatic carbocycles. The zero-order chi connectivity index (χ0) is 10.4. The summed E-state index contributed by atoms with van der Waals surface area (Å²) in [7, 11) is 1.71. The molecule has 1 aromatic rings. The van der Waals surface area contributed by atoms with Crippen LogP contribution in [-0.4, -0.2) is 24.6 Å². The zero-order valence-electron chi connectivity index (χ0n) is 8.56. The Kier molecular flexibility index (Phi) is 5.01. The maximum Gasteiger partial charge on any atom is 0.0761 e. The molecule has 1 rings (SSSR count). The van der Waals surface area contributed by atoms with Gasteiger partial charge in [0, 0.05) is 17.8 Å². The lowest BCUT2D eigenvalue weighted by molar-refractivity contribution is 0.199. The second-order valence-electron chi connectivity index (χ2n) is 3.09. The van der Waals surface area contributed by atoms with E-state index in [0.717, 1.165) is 17.9 Å². The molecule has 0 unspecified atom stereocenters. The van der Waals surface area contributed by atoms with E-state index in [-0.39, 0.29) is 6.10 Å². The molecule has 1 N–H and O–H groups in total. The standard InChI is InChI=1S/C11H16O2S/c1-9(12)10-3-5-11(6-4-10)14-8-7-13-2/h3-6,9,12H,7-8H2,1-2H3/t9-/m1/s1. The van der Waals surface area contributed by atoms with E-state index in [2.05, 4.69) is 0 Å². The van der Waals surface area contributed by atoms with Crippen LogP contribution in [0.4, 0.5) is 0 Å². The molecule has 0 saturated carbocycles. The Balaban J connectivity index is 2.47. The molecule has 0 amide bonds. The number of hydrogen-bond acceptors (Lipinski definition) is 3. The Labute approximate surface area is 89.3 Å². The number of hydrogen-bond donors (Lipinski definition) is 1. The minimum Gasteiger partial charge on any atom is -0.389 e. The van der Waals surface area contributed by atoms with Crippen molar-refractivity contribution < 1.29 is 9.84 Å². The third-order valence-electron chi connectivity index (χ3n) is 1.92. The molecule has 78 valence electrons. The van der Waals surface area contributed by atoms with Crippen molar-refractivity contribution in [1.29, 1.82) is 0 Å². The molecule has 0 aliphatic heterocycles. The maximum absolute atomic E-state index is 9.30. The highest BCUT2D eigenvalue weighted by Crippen LogP contribution is 2.20. The molecule has 0 spiro atoms. The average Bonchev–Trinajstić information content (AvgIpc) is 2.19. The van der Waals surface area contributed by atoms with E-state index in [1.165, 1.54) is 4.90 Å². The van der Waals surface area contributed by atoms with Gasteiger partial charge in [0.25, 0.3) is 0 Å². The summed E-state index contributed by atoms with van der Waals surface area (Å²) in [6.07, 6.45) is -0.381. The monoisotopic (exact) mass is 212 g/mol. The van der Waals surface area contributed by atoms with Crippen molar-refractivity contribution in [3.63, 3.8) is 0 Å². The molecule has 0 saturated heterocycles. The Bertz CT molecular complexity index is 256. The van der Waals surface area contributed by atoms with Crippen LogP contribution < -0.4 is 0 Å². The summed E-state index contributed by atoms with van der Waals surface area (Å²) in [4.78, 5) is 1.21. The highest BCUT2D eigenvalue weighted by Gasteiger charge is 2.00. The van der Waals surface area contributed by atoms with Gasteiger partial charge in [0.2, 0.25) is 0 Å². The van der Waals surface area contributed by atoms with Crippen LogP contribution in [0.15, 0.2) is 29.2 Å². The second kappa shape index (κ2) is 6.06. The van der Waals surface area contributed by atoms with Gasteiger partial charge in [0.05, 0.1) is 12.7 Å². The first kappa shape index (κ1) is 11.6. The predicted octanol–water partition coefficient (Wildman–Crippen LogP) is 2.48. The van der Waals surface area contributed by atoms with Gasteiger partial charge >= 0.3 is 0 Å². The molecular weight excluding hydrogens is 196 g/mol. The fraction of sp³-hybridized carbons (Fsp3) is 0.455. The quantitative estimate of drug-likeness (QED) is 0.600. The summed E-state index contributed by atoms with van der Waals surface area (Å²) in [5.41, 5.74) is 0.959. The molecule has 0 fully saturated rings. The van der Waals surface area contributed by atoms with Gasteiger partial charge in [-0.3, -0.25) is 0 Å². The fourth-order valence-electron chi connectivity index (χ4n) is 1.09. The van der Waals surface area contributed by atoms with Gasteiger partial charge in [-0.15, -0.1) is 11.8 Å². The first-order valence-corrected chi connectivity index (χ1v) is 5.62. The number of ether oxygens (including phenoxy) is 1. The zero-order valence-corrected chi connectivity index (χ0v) is 9.38. The molecule has 1 aromatic carbocycles. The number of aliphatic hydroxyl groups excluding tert-OH is 1. The lowest BCUT2D eigenvalue weighted by atomic mass is 10.1. The van der Waals surface area contributed by atoms with Gasteiger partial charge in [-0.25, -0.2) is 0 Å². The van der Waals surface area contributed by atoms with Crippen LogP contribution in [0.5, 0.6) is 0 Å². The second-order valence-corrected chi connectivity index (χ2v) is 4.25. The van der Waals surface area contributed by atoms with Crippen LogP contribution in [0.1, 0.15) is 18.6 Å². The molecular formula is C11H16O2S. The topological polar surface area (TPSA) is 29.5 Å².